The number of fused-ring (bicyclic) bond motifs is 2. The molecule has 126 valence electrons. The predicted octanol–water partition coefficient (Wildman–Crippen LogP) is 4.11. The number of carbonyl (C=O) groups is 1. The van der Waals surface area contributed by atoms with Crippen molar-refractivity contribution in [1.29, 1.82) is 0 Å². The highest BCUT2D eigenvalue weighted by Crippen LogP contribution is 2.42. The number of rotatable bonds is 3. The van der Waals surface area contributed by atoms with E-state index in [1.54, 1.807) is 11.0 Å². The quantitative estimate of drug-likeness (QED) is 0.887. The molecule has 2 fully saturated rings. The van der Waals surface area contributed by atoms with Gasteiger partial charge in [-0.25, -0.2) is 0 Å². The van der Waals surface area contributed by atoms with E-state index in [1.807, 2.05) is 19.2 Å². The number of hydrogen-bond acceptors (Lipinski definition) is 2. The van der Waals surface area contributed by atoms with E-state index in [0.717, 1.165) is 18.4 Å². The van der Waals surface area contributed by atoms with Gasteiger partial charge in [-0.3, -0.25) is 4.79 Å². The summed E-state index contributed by atoms with van der Waals surface area (Å²) in [6, 6.07) is 5.84. The molecule has 0 aliphatic heterocycles. The van der Waals surface area contributed by atoms with E-state index in [0.29, 0.717) is 34.5 Å². The van der Waals surface area contributed by atoms with Crippen LogP contribution in [0.2, 0.25) is 10.0 Å². The summed E-state index contributed by atoms with van der Waals surface area (Å²) in [5.41, 5.74) is 7.22. The van der Waals surface area contributed by atoms with Crippen LogP contribution in [0, 0.1) is 17.8 Å². The lowest BCUT2D eigenvalue weighted by molar-refractivity contribution is -0.137. The first-order valence-electron chi connectivity index (χ1n) is 8.40. The molecular weight excluding hydrogens is 331 g/mol. The maximum atomic E-state index is 12.8. The molecule has 0 saturated heterocycles. The first-order valence-corrected chi connectivity index (χ1v) is 9.16. The van der Waals surface area contributed by atoms with E-state index < -0.39 is 0 Å². The number of nitrogens with two attached hydrogens (primary N) is 1. The van der Waals surface area contributed by atoms with Crippen molar-refractivity contribution in [2.75, 3.05) is 7.05 Å². The highest BCUT2D eigenvalue weighted by Gasteiger charge is 2.41. The number of benzene rings is 1. The maximum Gasteiger partial charge on any atom is 0.225 e. The Morgan fingerprint density at radius 1 is 1.26 bits per heavy atom. The van der Waals surface area contributed by atoms with Crippen molar-refractivity contribution in [3.05, 3.63) is 33.8 Å². The summed E-state index contributed by atoms with van der Waals surface area (Å²) >= 11 is 12.3. The van der Waals surface area contributed by atoms with Crippen LogP contribution in [0.25, 0.3) is 0 Å². The number of carbonyl (C=O) groups excluding carboxylic acids is 1. The molecule has 23 heavy (non-hydrogen) atoms. The molecular formula is C18H24Cl2N2O. The van der Waals surface area contributed by atoms with Crippen LogP contribution in [0.1, 0.15) is 37.7 Å². The SMILES string of the molecule is CN(Cc1cccc(Cl)c1Cl)C(=O)C1CC2CCCC(C1)C2N. The Morgan fingerprint density at radius 2 is 1.91 bits per heavy atom. The molecule has 1 aromatic carbocycles. The molecule has 1 aromatic rings. The van der Waals surface area contributed by atoms with Gasteiger partial charge in [0.2, 0.25) is 5.91 Å². The van der Waals surface area contributed by atoms with E-state index in [9.17, 15) is 4.79 Å². The van der Waals surface area contributed by atoms with Crippen molar-refractivity contribution in [1.82, 2.24) is 4.90 Å². The van der Waals surface area contributed by atoms with E-state index in [1.165, 1.54) is 19.3 Å². The highest BCUT2D eigenvalue weighted by molar-refractivity contribution is 6.42. The van der Waals surface area contributed by atoms with E-state index >= 15 is 0 Å². The molecule has 2 saturated carbocycles. The molecule has 2 aliphatic carbocycles. The van der Waals surface area contributed by atoms with E-state index in [4.69, 9.17) is 28.9 Å². The zero-order valence-electron chi connectivity index (χ0n) is 13.5. The standard InChI is InChI=1S/C18H24Cl2N2O/c1-22(10-13-6-3-7-15(19)16(13)20)18(23)14-8-11-4-2-5-12(9-14)17(11)21/h3,6-7,11-12,14,17H,2,4-5,8-10,21H2,1H3. The first-order chi connectivity index (χ1) is 11.0. The molecule has 0 radical (unpaired) electrons. The lowest BCUT2D eigenvalue weighted by Gasteiger charge is -2.44. The molecule has 0 aromatic heterocycles. The summed E-state index contributed by atoms with van der Waals surface area (Å²) in [7, 11) is 1.85. The molecule has 3 nitrogen and oxygen atoms in total. The normalized spacial score (nSPS) is 30.1. The summed E-state index contributed by atoms with van der Waals surface area (Å²) in [6.07, 6.45) is 5.47. The molecule has 2 unspecified atom stereocenters. The van der Waals surface area contributed by atoms with Crippen LogP contribution in [0.5, 0.6) is 0 Å². The molecule has 2 aliphatic rings. The van der Waals surface area contributed by atoms with Gasteiger partial charge in [-0.1, -0.05) is 41.8 Å². The van der Waals surface area contributed by atoms with Crippen LogP contribution in [-0.4, -0.2) is 23.9 Å². The van der Waals surface area contributed by atoms with Gasteiger partial charge in [0.1, 0.15) is 0 Å². The van der Waals surface area contributed by atoms with Gasteiger partial charge in [0.15, 0.2) is 0 Å². The largest absolute Gasteiger partial charge is 0.341 e. The van der Waals surface area contributed by atoms with Gasteiger partial charge in [0.25, 0.3) is 0 Å². The number of hydrogen-bond donors (Lipinski definition) is 1. The molecule has 2 atom stereocenters. The van der Waals surface area contributed by atoms with Crippen molar-refractivity contribution in [2.45, 2.75) is 44.7 Å². The fraction of sp³-hybridized carbons (Fsp3) is 0.611. The fourth-order valence-corrected chi connectivity index (χ4v) is 4.69. The van der Waals surface area contributed by atoms with Crippen molar-refractivity contribution in [3.8, 4) is 0 Å². The third-order valence-electron chi connectivity index (χ3n) is 5.58. The molecule has 2 N–H and O–H groups in total. The average Bonchev–Trinajstić information content (AvgIpc) is 2.51. The molecule has 3 rings (SSSR count). The predicted molar refractivity (Wildman–Crippen MR) is 94.5 cm³/mol. The van der Waals surface area contributed by atoms with Gasteiger partial charge in [-0.2, -0.15) is 0 Å². The Morgan fingerprint density at radius 3 is 2.57 bits per heavy atom. The fourth-order valence-electron chi connectivity index (χ4n) is 4.31. The molecule has 2 bridgehead atoms. The topological polar surface area (TPSA) is 46.3 Å². The van der Waals surface area contributed by atoms with Crippen LogP contribution >= 0.6 is 23.2 Å². The van der Waals surface area contributed by atoms with Crippen molar-refractivity contribution < 1.29 is 4.79 Å². The minimum atomic E-state index is 0.105. The number of halogens is 2. The third-order valence-corrected chi connectivity index (χ3v) is 6.44. The van der Waals surface area contributed by atoms with Gasteiger partial charge in [-0.05, 0) is 49.1 Å². The highest BCUT2D eigenvalue weighted by atomic mass is 35.5. The van der Waals surface area contributed by atoms with Crippen LogP contribution < -0.4 is 5.73 Å². The molecule has 0 heterocycles. The summed E-state index contributed by atoms with van der Waals surface area (Å²) in [4.78, 5) is 14.6. The van der Waals surface area contributed by atoms with E-state index in [2.05, 4.69) is 0 Å². The Labute approximate surface area is 148 Å². The summed E-state index contributed by atoms with van der Waals surface area (Å²) in [5, 5.41) is 1.07. The second-order valence-electron chi connectivity index (χ2n) is 7.10. The first kappa shape index (κ1) is 17.1. The van der Waals surface area contributed by atoms with Crippen LogP contribution in [0.4, 0.5) is 0 Å². The van der Waals surface area contributed by atoms with Gasteiger partial charge < -0.3 is 10.6 Å². The van der Waals surface area contributed by atoms with Gasteiger partial charge in [0.05, 0.1) is 10.0 Å². The number of nitrogens with zero attached hydrogens (tertiary/aromatic N) is 1. The lowest BCUT2D eigenvalue weighted by Crippen LogP contribution is -2.49. The molecule has 0 spiro atoms. The van der Waals surface area contributed by atoms with Crippen molar-refractivity contribution in [2.24, 2.45) is 23.5 Å². The Kier molecular flexibility index (Phi) is 5.19. The third kappa shape index (κ3) is 3.52. The Balaban J connectivity index is 1.67. The van der Waals surface area contributed by atoms with Crippen LogP contribution in [-0.2, 0) is 11.3 Å². The Bertz CT molecular complexity index is 578. The molecule has 1 amide bonds. The zero-order valence-corrected chi connectivity index (χ0v) is 15.0. The lowest BCUT2D eigenvalue weighted by atomic mass is 9.65. The zero-order chi connectivity index (χ0) is 16.6. The second-order valence-corrected chi connectivity index (χ2v) is 7.89. The van der Waals surface area contributed by atoms with E-state index in [-0.39, 0.29) is 11.8 Å². The van der Waals surface area contributed by atoms with Gasteiger partial charge in [0, 0.05) is 25.6 Å². The maximum absolute atomic E-state index is 12.8. The monoisotopic (exact) mass is 354 g/mol. The number of amides is 1. The minimum Gasteiger partial charge on any atom is -0.341 e. The average molecular weight is 355 g/mol. The van der Waals surface area contributed by atoms with Crippen molar-refractivity contribution >= 4 is 29.1 Å². The van der Waals surface area contributed by atoms with Crippen LogP contribution in [0.3, 0.4) is 0 Å². The second kappa shape index (κ2) is 7.00. The van der Waals surface area contributed by atoms with Gasteiger partial charge >= 0.3 is 0 Å². The molecule has 5 heteroatoms. The smallest absolute Gasteiger partial charge is 0.225 e. The summed E-state index contributed by atoms with van der Waals surface area (Å²) in [6.45, 7) is 0.496. The van der Waals surface area contributed by atoms with Crippen LogP contribution in [0.15, 0.2) is 18.2 Å². The van der Waals surface area contributed by atoms with Gasteiger partial charge in [-0.15, -0.1) is 0 Å². The minimum absolute atomic E-state index is 0.105. The van der Waals surface area contributed by atoms with Crippen molar-refractivity contribution in [3.63, 3.8) is 0 Å². The Hall–Kier alpha value is -0.770. The summed E-state index contributed by atoms with van der Waals surface area (Å²) < 4.78 is 0. The summed E-state index contributed by atoms with van der Waals surface area (Å²) in [5.74, 6) is 1.34.